The van der Waals surface area contributed by atoms with Crippen LogP contribution in [-0.4, -0.2) is 18.4 Å². The minimum absolute atomic E-state index is 0.0733. The van der Waals surface area contributed by atoms with Gasteiger partial charge in [0.05, 0.1) is 11.8 Å². The van der Waals surface area contributed by atoms with Crippen LogP contribution in [0.1, 0.15) is 6.42 Å². The van der Waals surface area contributed by atoms with Crippen LogP contribution in [0.5, 0.6) is 0 Å². The van der Waals surface area contributed by atoms with Gasteiger partial charge >= 0.3 is 0 Å². The SMILES string of the molecule is C=CCNC(=O)C1CC1C(=O)Nc1ccc(Br)cc1. The topological polar surface area (TPSA) is 58.2 Å². The third-order valence-electron chi connectivity index (χ3n) is 3.00. The molecule has 2 unspecified atom stereocenters. The Balaban J connectivity index is 1.84. The van der Waals surface area contributed by atoms with Crippen molar-refractivity contribution in [2.45, 2.75) is 6.42 Å². The number of carbonyl (C=O) groups excluding carboxylic acids is 2. The van der Waals surface area contributed by atoms with E-state index in [1.54, 1.807) is 6.08 Å². The van der Waals surface area contributed by atoms with E-state index in [1.807, 2.05) is 24.3 Å². The fourth-order valence-electron chi connectivity index (χ4n) is 1.85. The van der Waals surface area contributed by atoms with E-state index in [-0.39, 0.29) is 23.7 Å². The third-order valence-corrected chi connectivity index (χ3v) is 3.53. The van der Waals surface area contributed by atoms with E-state index in [0.717, 1.165) is 10.2 Å². The Labute approximate surface area is 120 Å². The smallest absolute Gasteiger partial charge is 0.228 e. The molecule has 0 aliphatic heterocycles. The summed E-state index contributed by atoms with van der Waals surface area (Å²) in [5.41, 5.74) is 0.741. The van der Waals surface area contributed by atoms with Gasteiger partial charge in [0.25, 0.3) is 0 Å². The van der Waals surface area contributed by atoms with Crippen LogP contribution in [0.3, 0.4) is 0 Å². The minimum Gasteiger partial charge on any atom is -0.352 e. The number of hydrogen-bond donors (Lipinski definition) is 2. The predicted molar refractivity (Wildman–Crippen MR) is 77.6 cm³/mol. The van der Waals surface area contributed by atoms with Crippen molar-refractivity contribution in [3.63, 3.8) is 0 Å². The molecule has 1 saturated carbocycles. The zero-order valence-corrected chi connectivity index (χ0v) is 11.9. The number of carbonyl (C=O) groups is 2. The molecule has 0 bridgehead atoms. The van der Waals surface area contributed by atoms with Crippen LogP contribution in [0.2, 0.25) is 0 Å². The highest BCUT2D eigenvalue weighted by Crippen LogP contribution is 2.39. The van der Waals surface area contributed by atoms with Crippen molar-refractivity contribution >= 4 is 33.4 Å². The van der Waals surface area contributed by atoms with Gasteiger partial charge in [0.2, 0.25) is 11.8 Å². The van der Waals surface area contributed by atoms with Gasteiger partial charge in [-0.05, 0) is 30.7 Å². The molecule has 1 aromatic rings. The van der Waals surface area contributed by atoms with Crippen molar-refractivity contribution in [2.24, 2.45) is 11.8 Å². The molecule has 1 aromatic carbocycles. The summed E-state index contributed by atoms with van der Waals surface area (Å²) in [6, 6.07) is 7.35. The first-order valence-electron chi connectivity index (χ1n) is 6.07. The number of nitrogens with one attached hydrogen (secondary N) is 2. The minimum atomic E-state index is -0.214. The number of hydrogen-bond acceptors (Lipinski definition) is 2. The maximum Gasteiger partial charge on any atom is 0.228 e. The number of anilines is 1. The molecule has 1 fully saturated rings. The number of benzene rings is 1. The van der Waals surface area contributed by atoms with Crippen molar-refractivity contribution in [2.75, 3.05) is 11.9 Å². The summed E-state index contributed by atoms with van der Waals surface area (Å²) in [4.78, 5) is 23.6. The molecule has 1 aliphatic rings. The largest absolute Gasteiger partial charge is 0.352 e. The first-order valence-corrected chi connectivity index (χ1v) is 6.86. The number of amides is 2. The van der Waals surface area contributed by atoms with Crippen LogP contribution < -0.4 is 10.6 Å². The Kier molecular flexibility index (Phi) is 4.37. The van der Waals surface area contributed by atoms with Crippen molar-refractivity contribution in [1.29, 1.82) is 0 Å². The summed E-state index contributed by atoms with van der Waals surface area (Å²) < 4.78 is 0.957. The van der Waals surface area contributed by atoms with Crippen LogP contribution in [0.4, 0.5) is 5.69 Å². The highest BCUT2D eigenvalue weighted by molar-refractivity contribution is 9.10. The van der Waals surface area contributed by atoms with E-state index in [4.69, 9.17) is 0 Å². The second kappa shape index (κ2) is 6.02. The first kappa shape index (κ1) is 13.8. The number of halogens is 1. The first-order chi connectivity index (χ1) is 9.11. The quantitative estimate of drug-likeness (QED) is 0.817. The molecule has 0 heterocycles. The van der Waals surface area contributed by atoms with Crippen LogP contribution in [-0.2, 0) is 9.59 Å². The summed E-state index contributed by atoms with van der Waals surface area (Å²) >= 11 is 3.33. The van der Waals surface area contributed by atoms with E-state index < -0.39 is 0 Å². The molecular formula is C14H15BrN2O2. The molecule has 0 spiro atoms. The molecule has 0 saturated heterocycles. The van der Waals surface area contributed by atoms with Gasteiger partial charge in [-0.1, -0.05) is 22.0 Å². The lowest BCUT2D eigenvalue weighted by atomic mass is 10.2. The molecule has 2 rings (SSSR count). The molecule has 0 aromatic heterocycles. The summed E-state index contributed by atoms with van der Waals surface area (Å²) in [6.07, 6.45) is 2.24. The Morgan fingerprint density at radius 2 is 1.89 bits per heavy atom. The fraction of sp³-hybridized carbons (Fsp3) is 0.286. The molecule has 5 heteroatoms. The van der Waals surface area contributed by atoms with E-state index in [2.05, 4.69) is 33.1 Å². The molecule has 100 valence electrons. The van der Waals surface area contributed by atoms with Crippen molar-refractivity contribution < 1.29 is 9.59 Å². The van der Waals surface area contributed by atoms with Gasteiger partial charge in [0, 0.05) is 16.7 Å². The van der Waals surface area contributed by atoms with Gasteiger partial charge in [-0.25, -0.2) is 0 Å². The molecule has 19 heavy (non-hydrogen) atoms. The maximum absolute atomic E-state index is 11.9. The van der Waals surface area contributed by atoms with E-state index in [0.29, 0.717) is 13.0 Å². The molecule has 2 N–H and O–H groups in total. The molecule has 2 amide bonds. The average molecular weight is 323 g/mol. The zero-order valence-electron chi connectivity index (χ0n) is 10.4. The lowest BCUT2D eigenvalue weighted by Crippen LogP contribution is -2.27. The van der Waals surface area contributed by atoms with Crippen LogP contribution in [0, 0.1) is 11.8 Å². The Morgan fingerprint density at radius 3 is 2.53 bits per heavy atom. The second-order valence-electron chi connectivity index (χ2n) is 4.48. The standard InChI is InChI=1S/C14H15BrN2O2/c1-2-7-16-13(18)11-8-12(11)14(19)17-10-5-3-9(15)4-6-10/h2-6,11-12H,1,7-8H2,(H,16,18)(H,17,19). The van der Waals surface area contributed by atoms with E-state index in [9.17, 15) is 9.59 Å². The Bertz CT molecular complexity index is 499. The lowest BCUT2D eigenvalue weighted by Gasteiger charge is -2.05. The van der Waals surface area contributed by atoms with Crippen LogP contribution >= 0.6 is 15.9 Å². The van der Waals surface area contributed by atoms with E-state index in [1.165, 1.54) is 0 Å². The van der Waals surface area contributed by atoms with Crippen molar-refractivity contribution in [1.82, 2.24) is 5.32 Å². The van der Waals surface area contributed by atoms with Crippen molar-refractivity contribution in [3.8, 4) is 0 Å². The van der Waals surface area contributed by atoms with Crippen LogP contribution in [0.15, 0.2) is 41.4 Å². The second-order valence-corrected chi connectivity index (χ2v) is 5.39. The van der Waals surface area contributed by atoms with E-state index >= 15 is 0 Å². The molecule has 4 nitrogen and oxygen atoms in total. The van der Waals surface area contributed by atoms with Gasteiger partial charge in [0.1, 0.15) is 0 Å². The Morgan fingerprint density at radius 1 is 1.26 bits per heavy atom. The fourth-order valence-corrected chi connectivity index (χ4v) is 2.11. The monoisotopic (exact) mass is 322 g/mol. The zero-order chi connectivity index (χ0) is 13.8. The average Bonchev–Trinajstić information content (AvgIpc) is 3.19. The van der Waals surface area contributed by atoms with Crippen LogP contribution in [0.25, 0.3) is 0 Å². The third kappa shape index (κ3) is 3.67. The van der Waals surface area contributed by atoms with Gasteiger partial charge in [-0.2, -0.15) is 0 Å². The highest BCUT2D eigenvalue weighted by atomic mass is 79.9. The lowest BCUT2D eigenvalue weighted by molar-refractivity contribution is -0.125. The van der Waals surface area contributed by atoms with Crippen molar-refractivity contribution in [3.05, 3.63) is 41.4 Å². The summed E-state index contributed by atoms with van der Waals surface area (Å²) in [6.45, 7) is 3.97. The van der Waals surface area contributed by atoms with Gasteiger partial charge in [-0.3, -0.25) is 9.59 Å². The van der Waals surface area contributed by atoms with Gasteiger partial charge in [0.15, 0.2) is 0 Å². The summed E-state index contributed by atoms with van der Waals surface area (Å²) in [7, 11) is 0. The predicted octanol–water partition coefficient (Wildman–Crippen LogP) is 2.33. The molecule has 0 radical (unpaired) electrons. The molecular weight excluding hydrogens is 308 g/mol. The maximum atomic E-state index is 11.9. The summed E-state index contributed by atoms with van der Waals surface area (Å²) in [5.74, 6) is -0.583. The molecule has 1 aliphatic carbocycles. The van der Waals surface area contributed by atoms with Gasteiger partial charge < -0.3 is 10.6 Å². The normalized spacial score (nSPS) is 20.5. The van der Waals surface area contributed by atoms with Gasteiger partial charge in [-0.15, -0.1) is 6.58 Å². The molecule has 2 atom stereocenters. The highest BCUT2D eigenvalue weighted by Gasteiger charge is 2.47. The Hall–Kier alpha value is -1.62. The number of rotatable bonds is 5. The summed E-state index contributed by atoms with van der Waals surface area (Å²) in [5, 5.41) is 5.52.